The standard InChI is InChI=1S/C13H16N2O3/c1-8(16)13(18)12(17)6-9-7-14-10-4-2-3-5-11(10)15-9/h2-5,7-8,12-13,16-18H,6H2,1H3/t8-,12+,13+/m0/s1. The highest BCUT2D eigenvalue weighted by atomic mass is 16.4. The molecule has 3 N–H and O–H groups in total. The predicted octanol–water partition coefficient (Wildman–Crippen LogP) is 0.275. The molecule has 1 aromatic carbocycles. The summed E-state index contributed by atoms with van der Waals surface area (Å²) in [5, 5.41) is 28.5. The highest BCUT2D eigenvalue weighted by Crippen LogP contribution is 2.11. The van der Waals surface area contributed by atoms with E-state index < -0.39 is 18.3 Å². The predicted molar refractivity (Wildman–Crippen MR) is 66.9 cm³/mol. The van der Waals surface area contributed by atoms with Crippen molar-refractivity contribution in [2.24, 2.45) is 0 Å². The minimum atomic E-state index is -1.18. The first-order valence-electron chi connectivity index (χ1n) is 5.83. The molecule has 5 nitrogen and oxygen atoms in total. The first kappa shape index (κ1) is 12.9. The van der Waals surface area contributed by atoms with Crippen molar-refractivity contribution in [2.45, 2.75) is 31.7 Å². The maximum Gasteiger partial charge on any atom is 0.106 e. The maximum absolute atomic E-state index is 9.74. The van der Waals surface area contributed by atoms with Crippen LogP contribution < -0.4 is 0 Å². The Hall–Kier alpha value is -1.56. The largest absolute Gasteiger partial charge is 0.391 e. The molecule has 3 atom stereocenters. The molecule has 0 amide bonds. The topological polar surface area (TPSA) is 86.5 Å². The number of aliphatic hydroxyl groups excluding tert-OH is 3. The fourth-order valence-electron chi connectivity index (χ4n) is 1.75. The second-order valence-corrected chi connectivity index (χ2v) is 4.35. The average molecular weight is 248 g/mol. The van der Waals surface area contributed by atoms with Crippen LogP contribution in [0.3, 0.4) is 0 Å². The molecule has 0 spiro atoms. The Morgan fingerprint density at radius 1 is 1.11 bits per heavy atom. The summed E-state index contributed by atoms with van der Waals surface area (Å²) < 4.78 is 0. The third kappa shape index (κ3) is 2.81. The Morgan fingerprint density at radius 2 is 1.78 bits per heavy atom. The van der Waals surface area contributed by atoms with Crippen LogP contribution in [0.15, 0.2) is 30.5 Å². The van der Waals surface area contributed by atoms with Crippen molar-refractivity contribution >= 4 is 11.0 Å². The normalized spacial score (nSPS) is 16.4. The lowest BCUT2D eigenvalue weighted by Crippen LogP contribution is -2.37. The Kier molecular flexibility index (Phi) is 3.86. The van der Waals surface area contributed by atoms with Gasteiger partial charge in [-0.25, -0.2) is 4.98 Å². The Labute approximate surface area is 105 Å². The molecule has 0 radical (unpaired) electrons. The van der Waals surface area contributed by atoms with Gasteiger partial charge in [-0.3, -0.25) is 4.98 Å². The number of hydrogen-bond donors (Lipinski definition) is 3. The van der Waals surface area contributed by atoms with Crippen molar-refractivity contribution in [3.8, 4) is 0 Å². The van der Waals surface area contributed by atoms with Crippen molar-refractivity contribution in [1.29, 1.82) is 0 Å². The van der Waals surface area contributed by atoms with Gasteiger partial charge in [-0.05, 0) is 19.1 Å². The van der Waals surface area contributed by atoms with Gasteiger partial charge in [-0.15, -0.1) is 0 Å². The minimum Gasteiger partial charge on any atom is -0.391 e. The number of aliphatic hydroxyl groups is 3. The van der Waals surface area contributed by atoms with Gasteiger partial charge in [0.1, 0.15) is 6.10 Å². The molecule has 5 heteroatoms. The molecule has 0 aliphatic rings. The second-order valence-electron chi connectivity index (χ2n) is 4.35. The van der Waals surface area contributed by atoms with Crippen molar-refractivity contribution in [1.82, 2.24) is 9.97 Å². The molecular weight excluding hydrogens is 232 g/mol. The molecule has 0 aliphatic heterocycles. The van der Waals surface area contributed by atoms with E-state index in [1.54, 1.807) is 6.20 Å². The number of rotatable bonds is 4. The summed E-state index contributed by atoms with van der Waals surface area (Å²) in [6.45, 7) is 1.43. The summed E-state index contributed by atoms with van der Waals surface area (Å²) in [6.07, 6.45) is -1.49. The lowest BCUT2D eigenvalue weighted by atomic mass is 10.0. The molecule has 0 saturated carbocycles. The van der Waals surface area contributed by atoms with Crippen molar-refractivity contribution in [3.63, 3.8) is 0 Å². The van der Waals surface area contributed by atoms with Gasteiger partial charge in [0.05, 0.1) is 28.9 Å². The van der Waals surface area contributed by atoms with E-state index in [4.69, 9.17) is 0 Å². The third-order valence-corrected chi connectivity index (χ3v) is 2.81. The zero-order chi connectivity index (χ0) is 13.1. The lowest BCUT2D eigenvalue weighted by Gasteiger charge is -2.19. The SMILES string of the molecule is C[C@H](O)[C@@H](O)[C@H](O)Cc1cnc2ccccc2n1. The van der Waals surface area contributed by atoms with Gasteiger partial charge in [-0.2, -0.15) is 0 Å². The molecule has 0 aliphatic carbocycles. The number of aromatic nitrogens is 2. The van der Waals surface area contributed by atoms with Crippen LogP contribution in [0.4, 0.5) is 0 Å². The Bertz CT molecular complexity index is 530. The lowest BCUT2D eigenvalue weighted by molar-refractivity contribution is -0.0512. The van der Waals surface area contributed by atoms with E-state index >= 15 is 0 Å². The summed E-state index contributed by atoms with van der Waals surface area (Å²) in [5.41, 5.74) is 2.11. The summed E-state index contributed by atoms with van der Waals surface area (Å²) in [7, 11) is 0. The number of nitrogens with zero attached hydrogens (tertiary/aromatic N) is 2. The van der Waals surface area contributed by atoms with Crippen LogP contribution in [-0.2, 0) is 6.42 Å². The maximum atomic E-state index is 9.74. The van der Waals surface area contributed by atoms with Crippen LogP contribution in [0.2, 0.25) is 0 Å². The van der Waals surface area contributed by atoms with Gasteiger partial charge >= 0.3 is 0 Å². The quantitative estimate of drug-likeness (QED) is 0.723. The zero-order valence-corrected chi connectivity index (χ0v) is 10.1. The van der Waals surface area contributed by atoms with Crippen LogP contribution in [-0.4, -0.2) is 43.6 Å². The van der Waals surface area contributed by atoms with E-state index in [1.165, 1.54) is 6.92 Å². The van der Waals surface area contributed by atoms with Gasteiger partial charge < -0.3 is 15.3 Å². The highest BCUT2D eigenvalue weighted by molar-refractivity contribution is 5.73. The number of benzene rings is 1. The molecule has 1 heterocycles. The van der Waals surface area contributed by atoms with Crippen LogP contribution in [0.1, 0.15) is 12.6 Å². The van der Waals surface area contributed by atoms with E-state index in [2.05, 4.69) is 9.97 Å². The van der Waals surface area contributed by atoms with Crippen LogP contribution >= 0.6 is 0 Å². The van der Waals surface area contributed by atoms with E-state index in [0.29, 0.717) is 5.69 Å². The molecule has 0 unspecified atom stereocenters. The first-order chi connectivity index (χ1) is 8.58. The number of hydrogen-bond acceptors (Lipinski definition) is 5. The first-order valence-corrected chi connectivity index (χ1v) is 5.83. The number of fused-ring (bicyclic) bond motifs is 1. The van der Waals surface area contributed by atoms with E-state index in [-0.39, 0.29) is 6.42 Å². The van der Waals surface area contributed by atoms with Crippen molar-refractivity contribution < 1.29 is 15.3 Å². The van der Waals surface area contributed by atoms with Gasteiger partial charge in [0.2, 0.25) is 0 Å². The molecule has 2 rings (SSSR count). The highest BCUT2D eigenvalue weighted by Gasteiger charge is 2.22. The zero-order valence-electron chi connectivity index (χ0n) is 10.1. The summed E-state index contributed by atoms with van der Waals surface area (Å²) in [5.74, 6) is 0. The molecule has 0 fully saturated rings. The van der Waals surface area contributed by atoms with Crippen molar-refractivity contribution in [3.05, 3.63) is 36.2 Å². The average Bonchev–Trinajstić information content (AvgIpc) is 2.37. The summed E-state index contributed by atoms with van der Waals surface area (Å²) in [4.78, 5) is 8.56. The molecule has 0 bridgehead atoms. The summed E-state index contributed by atoms with van der Waals surface area (Å²) in [6, 6.07) is 7.43. The molecule has 18 heavy (non-hydrogen) atoms. The summed E-state index contributed by atoms with van der Waals surface area (Å²) >= 11 is 0. The molecule has 1 aromatic heterocycles. The van der Waals surface area contributed by atoms with E-state index in [0.717, 1.165) is 11.0 Å². The fourth-order valence-corrected chi connectivity index (χ4v) is 1.75. The molecule has 0 saturated heterocycles. The smallest absolute Gasteiger partial charge is 0.106 e. The van der Waals surface area contributed by atoms with E-state index in [9.17, 15) is 15.3 Å². The van der Waals surface area contributed by atoms with Crippen LogP contribution in [0.5, 0.6) is 0 Å². The van der Waals surface area contributed by atoms with E-state index in [1.807, 2.05) is 24.3 Å². The van der Waals surface area contributed by atoms with Gasteiger partial charge in [-0.1, -0.05) is 12.1 Å². The molecular formula is C13H16N2O3. The van der Waals surface area contributed by atoms with Crippen molar-refractivity contribution in [2.75, 3.05) is 0 Å². The van der Waals surface area contributed by atoms with Gasteiger partial charge in [0, 0.05) is 12.6 Å². The Morgan fingerprint density at radius 3 is 2.44 bits per heavy atom. The molecule has 96 valence electrons. The van der Waals surface area contributed by atoms with Gasteiger partial charge in [0.25, 0.3) is 0 Å². The monoisotopic (exact) mass is 248 g/mol. The number of para-hydroxylation sites is 2. The third-order valence-electron chi connectivity index (χ3n) is 2.81. The second kappa shape index (κ2) is 5.39. The molecule has 2 aromatic rings. The minimum absolute atomic E-state index is 0.157. The fraction of sp³-hybridized carbons (Fsp3) is 0.385. The van der Waals surface area contributed by atoms with Crippen LogP contribution in [0, 0.1) is 0 Å². The Balaban J connectivity index is 2.17. The van der Waals surface area contributed by atoms with Gasteiger partial charge in [0.15, 0.2) is 0 Å². The van der Waals surface area contributed by atoms with Crippen LogP contribution in [0.25, 0.3) is 11.0 Å².